The van der Waals surface area contributed by atoms with E-state index in [4.69, 9.17) is 5.11 Å². The van der Waals surface area contributed by atoms with Gasteiger partial charge in [-0.05, 0) is 43.3 Å². The van der Waals surface area contributed by atoms with Crippen molar-refractivity contribution in [2.24, 2.45) is 5.10 Å². The van der Waals surface area contributed by atoms with Crippen LogP contribution in [0.5, 0.6) is 0 Å². The number of hydrogen-bond donors (Lipinski definition) is 3. The van der Waals surface area contributed by atoms with Gasteiger partial charge in [-0.2, -0.15) is 23.3 Å². The highest BCUT2D eigenvalue weighted by molar-refractivity contribution is 6.29. The van der Waals surface area contributed by atoms with Gasteiger partial charge in [0.1, 0.15) is 0 Å². The largest absolute Gasteiger partial charge is 0.478 e. The van der Waals surface area contributed by atoms with Gasteiger partial charge in [0.05, 0.1) is 22.4 Å². The van der Waals surface area contributed by atoms with Gasteiger partial charge < -0.3 is 5.11 Å². The number of hydrogen-bond acceptors (Lipinski definition) is 6. The van der Waals surface area contributed by atoms with Crippen molar-refractivity contribution in [3.8, 4) is 0 Å². The number of hydrazone groups is 1. The Bertz CT molecular complexity index is 1110. The number of halogens is 3. The molecule has 3 rings (SSSR count). The molecule has 32 heavy (non-hydrogen) atoms. The van der Waals surface area contributed by atoms with E-state index in [9.17, 15) is 27.6 Å². The first kappa shape index (κ1) is 22.6. The third-order valence-electron chi connectivity index (χ3n) is 4.36. The average molecular weight is 447 g/mol. The van der Waals surface area contributed by atoms with Crippen molar-refractivity contribution < 1.29 is 32.7 Å². The molecule has 1 aromatic heterocycles. The molecule has 1 aliphatic rings. The van der Waals surface area contributed by atoms with Crippen LogP contribution in [0.2, 0.25) is 0 Å². The van der Waals surface area contributed by atoms with Crippen LogP contribution in [-0.2, 0) is 11.0 Å². The highest BCUT2D eigenvalue weighted by atomic mass is 19.4. The van der Waals surface area contributed by atoms with Crippen LogP contribution in [0.15, 0.2) is 59.3 Å². The van der Waals surface area contributed by atoms with Gasteiger partial charge in [-0.25, -0.2) is 15.2 Å². The number of aromatic nitrogens is 1. The summed E-state index contributed by atoms with van der Waals surface area (Å²) < 4.78 is 38.0. The fraction of sp³-hybridized carbons (Fsp3) is 0.150. The Kier molecular flexibility index (Phi) is 6.35. The van der Waals surface area contributed by atoms with E-state index < -0.39 is 29.5 Å². The number of amides is 2. The maximum Gasteiger partial charge on any atom is 0.417 e. The minimum atomic E-state index is -4.54. The van der Waals surface area contributed by atoms with Gasteiger partial charge in [0.15, 0.2) is 5.82 Å². The van der Waals surface area contributed by atoms with Crippen LogP contribution in [0.3, 0.4) is 0 Å². The van der Waals surface area contributed by atoms with E-state index in [0.717, 1.165) is 17.1 Å². The minimum absolute atomic E-state index is 0.0424. The Morgan fingerprint density at radius 2 is 1.78 bits per heavy atom. The normalized spacial score (nSPS) is 15.1. The number of hydrazine groups is 1. The molecule has 0 aliphatic carbocycles. The summed E-state index contributed by atoms with van der Waals surface area (Å²) in [4.78, 5) is 39.1. The second-order valence-electron chi connectivity index (χ2n) is 6.54. The number of nitrogens with one attached hydrogen (secondary N) is 2. The van der Waals surface area contributed by atoms with Gasteiger partial charge in [0, 0.05) is 18.3 Å². The zero-order chi connectivity index (χ0) is 23.5. The fourth-order valence-electron chi connectivity index (χ4n) is 2.71. The number of rotatable bonds is 6. The van der Waals surface area contributed by atoms with Gasteiger partial charge >= 0.3 is 12.1 Å². The van der Waals surface area contributed by atoms with Gasteiger partial charge in [-0.15, -0.1) is 0 Å². The molecular weight excluding hydrogens is 431 g/mol. The van der Waals surface area contributed by atoms with E-state index >= 15 is 0 Å². The molecule has 1 aromatic carbocycles. The molecule has 0 fully saturated rings. The summed E-state index contributed by atoms with van der Waals surface area (Å²) in [6.07, 6.45) is -2.46. The lowest BCUT2D eigenvalue weighted by molar-refractivity contribution is -0.137. The summed E-state index contributed by atoms with van der Waals surface area (Å²) in [7, 11) is 0. The molecule has 0 spiro atoms. The quantitative estimate of drug-likeness (QED) is 0.355. The summed E-state index contributed by atoms with van der Waals surface area (Å²) in [5, 5.41) is 13.8. The fourth-order valence-corrected chi connectivity index (χ4v) is 2.71. The summed E-state index contributed by atoms with van der Waals surface area (Å²) >= 11 is 0. The maximum absolute atomic E-state index is 12.7. The zero-order valence-corrected chi connectivity index (χ0v) is 16.5. The summed E-state index contributed by atoms with van der Waals surface area (Å²) in [5.41, 5.74) is 4.86. The van der Waals surface area contributed by atoms with E-state index in [1.54, 1.807) is 6.92 Å². The van der Waals surface area contributed by atoms with Crippen LogP contribution in [0.1, 0.15) is 33.2 Å². The third-order valence-corrected chi connectivity index (χ3v) is 4.36. The molecule has 0 saturated heterocycles. The average Bonchev–Trinajstić information content (AvgIpc) is 3.04. The molecule has 12 heteroatoms. The van der Waals surface area contributed by atoms with Crippen LogP contribution < -0.4 is 15.9 Å². The standard InChI is InChI=1S/C20H16F3N5O4/c1-11-15(8-9-25-26-17(29)12-2-4-13(5-3-12)19(31)32)18(30)28(27-11)16-7-6-14(10-24-16)20(21,22)23/h2-8,10,25H,9H2,1H3,(H,26,29)(H,31,32). The Morgan fingerprint density at radius 3 is 2.34 bits per heavy atom. The number of nitrogens with zero attached hydrogens (tertiary/aromatic N) is 3. The van der Waals surface area contributed by atoms with E-state index in [1.165, 1.54) is 30.3 Å². The van der Waals surface area contributed by atoms with Crippen LogP contribution >= 0.6 is 0 Å². The zero-order valence-electron chi connectivity index (χ0n) is 16.5. The first-order valence-electron chi connectivity index (χ1n) is 9.08. The number of carboxylic acid groups (broad SMARTS) is 1. The molecule has 1 aliphatic heterocycles. The smallest absolute Gasteiger partial charge is 0.417 e. The summed E-state index contributed by atoms with van der Waals surface area (Å²) in [6, 6.07) is 7.15. The van der Waals surface area contributed by atoms with E-state index in [2.05, 4.69) is 20.9 Å². The molecular formula is C20H16F3N5O4. The molecule has 2 amide bonds. The molecule has 0 saturated carbocycles. The second kappa shape index (κ2) is 8.98. The van der Waals surface area contributed by atoms with Crippen LogP contribution in [0.4, 0.5) is 19.0 Å². The molecule has 166 valence electrons. The predicted octanol–water partition coefficient (Wildman–Crippen LogP) is 2.38. The van der Waals surface area contributed by atoms with E-state index in [1.807, 2.05) is 0 Å². The number of anilines is 1. The van der Waals surface area contributed by atoms with Gasteiger partial charge in [-0.3, -0.25) is 15.0 Å². The SMILES string of the molecule is CC1=NN(c2ccc(C(F)(F)F)cn2)C(=O)C1=CCNNC(=O)c1ccc(C(=O)O)cc1. The monoisotopic (exact) mass is 447 g/mol. The van der Waals surface area contributed by atoms with Crippen molar-refractivity contribution in [2.45, 2.75) is 13.1 Å². The second-order valence-corrected chi connectivity index (χ2v) is 6.54. The molecule has 2 aromatic rings. The number of carboxylic acids is 1. The molecule has 0 unspecified atom stereocenters. The Morgan fingerprint density at radius 1 is 1.12 bits per heavy atom. The molecule has 0 radical (unpaired) electrons. The van der Waals surface area contributed by atoms with Crippen molar-refractivity contribution in [3.05, 3.63) is 70.9 Å². The number of aromatic carboxylic acids is 1. The number of pyridine rings is 1. The first-order valence-corrected chi connectivity index (χ1v) is 9.08. The summed E-state index contributed by atoms with van der Waals surface area (Å²) in [6.45, 7) is 1.59. The molecule has 9 nitrogen and oxygen atoms in total. The predicted molar refractivity (Wildman–Crippen MR) is 107 cm³/mol. The lowest BCUT2D eigenvalue weighted by Crippen LogP contribution is -2.37. The highest BCUT2D eigenvalue weighted by Gasteiger charge is 2.33. The molecule has 0 bridgehead atoms. The van der Waals surface area contributed by atoms with Crippen LogP contribution in [0.25, 0.3) is 0 Å². The first-order chi connectivity index (χ1) is 15.1. The summed E-state index contributed by atoms with van der Waals surface area (Å²) in [5.74, 6) is -2.26. The Balaban J connectivity index is 1.58. The van der Waals surface area contributed by atoms with Crippen LogP contribution in [0, 0.1) is 0 Å². The Hall–Kier alpha value is -4.06. The van der Waals surface area contributed by atoms with Gasteiger partial charge in [0.25, 0.3) is 11.8 Å². The maximum atomic E-state index is 12.7. The molecule has 0 atom stereocenters. The van der Waals surface area contributed by atoms with Crippen molar-refractivity contribution in [1.29, 1.82) is 0 Å². The van der Waals surface area contributed by atoms with Crippen molar-refractivity contribution in [2.75, 3.05) is 11.6 Å². The van der Waals surface area contributed by atoms with Crippen LogP contribution in [-0.4, -0.2) is 40.1 Å². The van der Waals surface area contributed by atoms with Crippen molar-refractivity contribution in [3.63, 3.8) is 0 Å². The number of carbonyl (C=O) groups excluding carboxylic acids is 2. The highest BCUT2D eigenvalue weighted by Crippen LogP contribution is 2.30. The lowest BCUT2D eigenvalue weighted by atomic mass is 10.1. The van der Waals surface area contributed by atoms with Gasteiger partial charge in [0.2, 0.25) is 0 Å². The number of alkyl halides is 3. The third kappa shape index (κ3) is 4.98. The van der Waals surface area contributed by atoms with E-state index in [-0.39, 0.29) is 29.1 Å². The van der Waals surface area contributed by atoms with E-state index in [0.29, 0.717) is 11.9 Å². The number of benzene rings is 1. The molecule has 3 N–H and O–H groups in total. The van der Waals surface area contributed by atoms with Crippen molar-refractivity contribution >= 4 is 29.3 Å². The molecule has 2 heterocycles. The van der Waals surface area contributed by atoms with Gasteiger partial charge in [-0.1, -0.05) is 6.08 Å². The lowest BCUT2D eigenvalue weighted by Gasteiger charge is -2.12. The van der Waals surface area contributed by atoms with Crippen molar-refractivity contribution in [1.82, 2.24) is 15.8 Å². The number of carbonyl (C=O) groups is 3. The Labute approximate surface area is 179 Å². The topological polar surface area (TPSA) is 124 Å². The minimum Gasteiger partial charge on any atom is -0.478 e.